The molecule has 1 aromatic heterocycles. The maximum atomic E-state index is 12.0. The van der Waals surface area contributed by atoms with E-state index >= 15 is 0 Å². The predicted octanol–water partition coefficient (Wildman–Crippen LogP) is 0.734. The summed E-state index contributed by atoms with van der Waals surface area (Å²) in [6.07, 6.45) is 5.58. The van der Waals surface area contributed by atoms with Gasteiger partial charge in [-0.25, -0.2) is 0 Å². The maximum Gasteiger partial charge on any atom is 0.307 e. The predicted molar refractivity (Wildman–Crippen MR) is 72.9 cm³/mol. The van der Waals surface area contributed by atoms with Gasteiger partial charge in [0, 0.05) is 18.0 Å². The van der Waals surface area contributed by atoms with Gasteiger partial charge in [-0.05, 0) is 25.0 Å². The summed E-state index contributed by atoms with van der Waals surface area (Å²) in [6, 6.07) is 3.03. The molecule has 1 aliphatic carbocycles. The molecule has 0 aliphatic heterocycles. The molecule has 2 rings (SSSR count). The van der Waals surface area contributed by atoms with E-state index in [9.17, 15) is 14.4 Å². The first kappa shape index (κ1) is 15.0. The van der Waals surface area contributed by atoms with Gasteiger partial charge in [-0.15, -0.1) is 0 Å². The van der Waals surface area contributed by atoms with Crippen molar-refractivity contribution in [3.05, 3.63) is 30.1 Å². The number of carbonyl (C=O) groups is 3. The molecule has 1 saturated carbocycles. The zero-order valence-electron chi connectivity index (χ0n) is 11.4. The van der Waals surface area contributed by atoms with Crippen LogP contribution in [0.25, 0.3) is 0 Å². The topological polar surface area (TPSA) is 108 Å². The van der Waals surface area contributed by atoms with Crippen molar-refractivity contribution >= 4 is 17.8 Å². The number of carbonyl (C=O) groups excluding carboxylic acids is 2. The Bertz CT molecular complexity index is 532. The zero-order chi connectivity index (χ0) is 15.2. The number of hydrazine groups is 1. The summed E-state index contributed by atoms with van der Waals surface area (Å²) in [6.45, 7) is 0. The van der Waals surface area contributed by atoms with Gasteiger partial charge in [0.05, 0.1) is 11.8 Å². The molecule has 0 bridgehead atoms. The second kappa shape index (κ2) is 6.83. The Balaban J connectivity index is 1.92. The molecule has 1 aliphatic rings. The highest BCUT2D eigenvalue weighted by Gasteiger charge is 2.35. The average Bonchev–Trinajstić information content (AvgIpc) is 2.53. The van der Waals surface area contributed by atoms with Crippen LogP contribution in [0.1, 0.15) is 36.0 Å². The van der Waals surface area contributed by atoms with Gasteiger partial charge in [-0.3, -0.25) is 30.2 Å². The van der Waals surface area contributed by atoms with Crippen molar-refractivity contribution < 1.29 is 19.5 Å². The number of aromatic nitrogens is 1. The highest BCUT2D eigenvalue weighted by Crippen LogP contribution is 2.30. The van der Waals surface area contributed by atoms with Crippen LogP contribution >= 0.6 is 0 Å². The Labute approximate surface area is 121 Å². The first-order chi connectivity index (χ1) is 10.1. The van der Waals surface area contributed by atoms with Crippen LogP contribution in [0, 0.1) is 11.8 Å². The van der Waals surface area contributed by atoms with Gasteiger partial charge in [0.2, 0.25) is 5.91 Å². The van der Waals surface area contributed by atoms with E-state index in [0.717, 1.165) is 12.8 Å². The van der Waals surface area contributed by atoms with Gasteiger partial charge in [0.1, 0.15) is 0 Å². The van der Waals surface area contributed by atoms with Crippen molar-refractivity contribution in [2.75, 3.05) is 0 Å². The van der Waals surface area contributed by atoms with Gasteiger partial charge in [-0.1, -0.05) is 12.8 Å². The summed E-state index contributed by atoms with van der Waals surface area (Å²) in [4.78, 5) is 38.8. The van der Waals surface area contributed by atoms with Gasteiger partial charge in [0.15, 0.2) is 0 Å². The maximum absolute atomic E-state index is 12.0. The Morgan fingerprint density at radius 3 is 2.29 bits per heavy atom. The largest absolute Gasteiger partial charge is 0.481 e. The van der Waals surface area contributed by atoms with Crippen molar-refractivity contribution in [3.63, 3.8) is 0 Å². The molecular weight excluding hydrogens is 274 g/mol. The van der Waals surface area contributed by atoms with E-state index in [1.54, 1.807) is 0 Å². The summed E-state index contributed by atoms with van der Waals surface area (Å²) >= 11 is 0. The van der Waals surface area contributed by atoms with Gasteiger partial charge in [0.25, 0.3) is 5.91 Å². The quantitative estimate of drug-likeness (QED) is 0.712. The van der Waals surface area contributed by atoms with Crippen LogP contribution < -0.4 is 10.9 Å². The number of nitrogens with zero attached hydrogens (tertiary/aromatic N) is 1. The molecule has 112 valence electrons. The molecule has 0 saturated heterocycles. The summed E-state index contributed by atoms with van der Waals surface area (Å²) in [5, 5.41) is 9.14. The van der Waals surface area contributed by atoms with E-state index in [1.165, 1.54) is 24.5 Å². The van der Waals surface area contributed by atoms with Gasteiger partial charge >= 0.3 is 5.97 Å². The summed E-state index contributed by atoms with van der Waals surface area (Å²) < 4.78 is 0. The van der Waals surface area contributed by atoms with Crippen LogP contribution in [-0.2, 0) is 9.59 Å². The number of hydrogen-bond acceptors (Lipinski definition) is 4. The molecule has 1 aromatic rings. The van der Waals surface area contributed by atoms with Gasteiger partial charge < -0.3 is 5.11 Å². The number of rotatable bonds is 3. The lowest BCUT2D eigenvalue weighted by atomic mass is 9.79. The summed E-state index contributed by atoms with van der Waals surface area (Å²) in [5.41, 5.74) is 4.97. The Morgan fingerprint density at radius 2 is 1.67 bits per heavy atom. The number of amides is 2. The lowest BCUT2D eigenvalue weighted by Gasteiger charge is -2.27. The normalized spacial score (nSPS) is 21.3. The lowest BCUT2D eigenvalue weighted by Crippen LogP contribution is -2.47. The molecule has 0 radical (unpaired) electrons. The number of carboxylic acids is 1. The van der Waals surface area contributed by atoms with Crippen LogP contribution in [0.2, 0.25) is 0 Å². The second-order valence-electron chi connectivity index (χ2n) is 5.01. The number of hydrogen-bond donors (Lipinski definition) is 3. The minimum Gasteiger partial charge on any atom is -0.481 e. The minimum atomic E-state index is -0.963. The first-order valence-electron chi connectivity index (χ1n) is 6.82. The second-order valence-corrected chi connectivity index (χ2v) is 5.01. The van der Waals surface area contributed by atoms with Crippen molar-refractivity contribution in [3.8, 4) is 0 Å². The fourth-order valence-electron chi connectivity index (χ4n) is 2.53. The summed E-state index contributed by atoms with van der Waals surface area (Å²) in [7, 11) is 0. The molecule has 0 spiro atoms. The molecule has 2 amide bonds. The Kier molecular flexibility index (Phi) is 4.86. The third-order valence-electron chi connectivity index (χ3n) is 3.66. The third-order valence-corrected chi connectivity index (χ3v) is 3.66. The fourth-order valence-corrected chi connectivity index (χ4v) is 2.53. The van der Waals surface area contributed by atoms with E-state index in [0.29, 0.717) is 18.4 Å². The molecule has 21 heavy (non-hydrogen) atoms. The minimum absolute atomic E-state index is 0.365. The summed E-state index contributed by atoms with van der Waals surface area (Å²) in [5.74, 6) is -3.17. The Hall–Kier alpha value is -2.44. The lowest BCUT2D eigenvalue weighted by molar-refractivity contribution is -0.149. The molecule has 1 heterocycles. The van der Waals surface area contributed by atoms with E-state index < -0.39 is 29.6 Å². The van der Waals surface area contributed by atoms with E-state index in [-0.39, 0.29) is 0 Å². The fraction of sp³-hybridized carbons (Fsp3) is 0.429. The van der Waals surface area contributed by atoms with Gasteiger partial charge in [-0.2, -0.15) is 0 Å². The highest BCUT2D eigenvalue weighted by atomic mass is 16.4. The SMILES string of the molecule is O=C(NNC(=O)[C@H]1CCCC[C@@H]1C(=O)O)c1ccncc1. The van der Waals surface area contributed by atoms with Crippen molar-refractivity contribution in [2.24, 2.45) is 11.8 Å². The van der Waals surface area contributed by atoms with Crippen LogP contribution in [0.15, 0.2) is 24.5 Å². The first-order valence-corrected chi connectivity index (χ1v) is 6.82. The van der Waals surface area contributed by atoms with Crippen LogP contribution in [-0.4, -0.2) is 27.9 Å². The molecule has 3 N–H and O–H groups in total. The van der Waals surface area contributed by atoms with Crippen molar-refractivity contribution in [1.29, 1.82) is 0 Å². The van der Waals surface area contributed by atoms with E-state index in [1.807, 2.05) is 0 Å². The average molecular weight is 291 g/mol. The molecular formula is C14H17N3O4. The number of carboxylic acid groups (broad SMARTS) is 1. The number of aliphatic carboxylic acids is 1. The standard InChI is InChI=1S/C14H17N3O4/c18-12(9-5-7-15-8-6-9)16-17-13(19)10-3-1-2-4-11(10)14(20)21/h5-8,10-11H,1-4H2,(H,16,18)(H,17,19)(H,20,21)/t10-,11-/m0/s1. The van der Waals surface area contributed by atoms with E-state index in [2.05, 4.69) is 15.8 Å². The van der Waals surface area contributed by atoms with E-state index in [4.69, 9.17) is 5.11 Å². The molecule has 7 nitrogen and oxygen atoms in total. The molecule has 0 aromatic carbocycles. The zero-order valence-corrected chi connectivity index (χ0v) is 11.4. The van der Waals surface area contributed by atoms with Crippen LogP contribution in [0.4, 0.5) is 0 Å². The molecule has 7 heteroatoms. The van der Waals surface area contributed by atoms with Crippen LogP contribution in [0.3, 0.4) is 0 Å². The van der Waals surface area contributed by atoms with Crippen molar-refractivity contribution in [2.45, 2.75) is 25.7 Å². The highest BCUT2D eigenvalue weighted by molar-refractivity contribution is 5.95. The molecule has 2 atom stereocenters. The smallest absolute Gasteiger partial charge is 0.307 e. The van der Waals surface area contributed by atoms with Crippen molar-refractivity contribution in [1.82, 2.24) is 15.8 Å². The number of pyridine rings is 1. The molecule has 0 unspecified atom stereocenters. The monoisotopic (exact) mass is 291 g/mol. The number of nitrogens with one attached hydrogen (secondary N) is 2. The molecule has 1 fully saturated rings. The third kappa shape index (κ3) is 3.77. The van der Waals surface area contributed by atoms with Crippen LogP contribution in [0.5, 0.6) is 0 Å². The Morgan fingerprint density at radius 1 is 1.05 bits per heavy atom.